The summed E-state index contributed by atoms with van der Waals surface area (Å²) >= 11 is 4.20. The normalized spacial score (nSPS) is 11.0. The van der Waals surface area contributed by atoms with Crippen LogP contribution in [0.3, 0.4) is 0 Å². The molecule has 4 nitrogen and oxygen atoms in total. The molecular formula is C17H32O4S. The molecule has 0 bridgehead atoms. The highest BCUT2D eigenvalue weighted by molar-refractivity contribution is 7.80. The molecule has 0 saturated heterocycles. The second-order valence-electron chi connectivity index (χ2n) is 5.98. The maximum Gasteiger partial charge on any atom is 0.317 e. The second-order valence-corrected chi connectivity index (χ2v) is 6.43. The van der Waals surface area contributed by atoms with Crippen LogP contribution in [0.2, 0.25) is 0 Å². The molecule has 2 N–H and O–H groups in total. The van der Waals surface area contributed by atoms with Crippen molar-refractivity contribution in [2.45, 2.75) is 83.5 Å². The summed E-state index contributed by atoms with van der Waals surface area (Å²) in [5.41, 5.74) is 0. The molecule has 0 rings (SSSR count). The number of carboxylic acids is 2. The summed E-state index contributed by atoms with van der Waals surface area (Å²) in [5, 5.41) is 17.5. The average Bonchev–Trinajstić information content (AvgIpc) is 2.46. The summed E-state index contributed by atoms with van der Waals surface area (Å²) < 4.78 is 0. The Morgan fingerprint density at radius 3 is 1.27 bits per heavy atom. The van der Waals surface area contributed by atoms with Gasteiger partial charge in [-0.3, -0.25) is 9.59 Å². The molecule has 0 aromatic heterocycles. The van der Waals surface area contributed by atoms with Gasteiger partial charge in [0.25, 0.3) is 0 Å². The minimum Gasteiger partial charge on any atom is -0.481 e. The number of unbranched alkanes of at least 4 members (excludes halogenated alkanes) is 11. The number of carboxylic acid groups (broad SMARTS) is 2. The molecular weight excluding hydrogens is 300 g/mol. The van der Waals surface area contributed by atoms with E-state index in [1.165, 1.54) is 57.8 Å². The fraction of sp³-hybridized carbons (Fsp3) is 0.882. The minimum atomic E-state index is -1.23. The van der Waals surface area contributed by atoms with E-state index in [-0.39, 0.29) is 6.42 Å². The van der Waals surface area contributed by atoms with Crippen LogP contribution >= 0.6 is 12.6 Å². The second kappa shape index (κ2) is 15.2. The van der Waals surface area contributed by atoms with Gasteiger partial charge in [0.05, 0.1) is 0 Å². The van der Waals surface area contributed by atoms with Crippen LogP contribution in [0.5, 0.6) is 0 Å². The number of rotatable bonds is 16. The van der Waals surface area contributed by atoms with Crippen LogP contribution in [-0.4, -0.2) is 27.9 Å². The Bertz CT molecular complexity index is 280. The first-order valence-corrected chi connectivity index (χ1v) is 9.29. The molecule has 22 heavy (non-hydrogen) atoms. The van der Waals surface area contributed by atoms with Gasteiger partial charge in [0, 0.05) is 0 Å². The van der Waals surface area contributed by atoms with Crippen LogP contribution in [0.4, 0.5) is 0 Å². The summed E-state index contributed by atoms with van der Waals surface area (Å²) in [6.07, 6.45) is 14.5. The lowest BCUT2D eigenvalue weighted by molar-refractivity contribution is -0.154. The first kappa shape index (κ1) is 21.3. The summed E-state index contributed by atoms with van der Waals surface area (Å²) in [5.74, 6) is -2.68. The van der Waals surface area contributed by atoms with Gasteiger partial charge in [-0.2, -0.15) is 12.6 Å². The van der Waals surface area contributed by atoms with Crippen molar-refractivity contribution < 1.29 is 19.8 Å². The van der Waals surface area contributed by atoms with Crippen LogP contribution in [0, 0.1) is 5.92 Å². The summed E-state index contributed by atoms with van der Waals surface area (Å²) in [7, 11) is 0. The zero-order valence-corrected chi connectivity index (χ0v) is 14.5. The van der Waals surface area contributed by atoms with E-state index in [2.05, 4.69) is 12.6 Å². The van der Waals surface area contributed by atoms with Gasteiger partial charge in [0.15, 0.2) is 5.92 Å². The predicted octanol–water partition coefficient (Wildman–Crippen LogP) is 4.77. The summed E-state index contributed by atoms with van der Waals surface area (Å²) in [6.45, 7) is 0. The van der Waals surface area contributed by atoms with Crippen LogP contribution in [0.15, 0.2) is 0 Å². The van der Waals surface area contributed by atoms with E-state index in [0.717, 1.165) is 18.6 Å². The van der Waals surface area contributed by atoms with E-state index in [4.69, 9.17) is 10.2 Å². The Hall–Kier alpha value is -0.710. The van der Waals surface area contributed by atoms with Crippen LogP contribution < -0.4 is 0 Å². The Kier molecular flexibility index (Phi) is 14.7. The van der Waals surface area contributed by atoms with Gasteiger partial charge in [0.2, 0.25) is 0 Å². The zero-order valence-electron chi connectivity index (χ0n) is 13.6. The molecule has 0 aliphatic heterocycles. The highest BCUT2D eigenvalue weighted by atomic mass is 32.1. The topological polar surface area (TPSA) is 74.6 Å². The average molecular weight is 333 g/mol. The lowest BCUT2D eigenvalue weighted by atomic mass is 10.00. The van der Waals surface area contributed by atoms with E-state index in [0.29, 0.717) is 6.42 Å². The molecule has 130 valence electrons. The summed E-state index contributed by atoms with van der Waals surface area (Å²) in [6, 6.07) is 0. The third-order valence-corrected chi connectivity index (χ3v) is 4.31. The van der Waals surface area contributed by atoms with Gasteiger partial charge in [-0.25, -0.2) is 0 Å². The van der Waals surface area contributed by atoms with Crippen molar-refractivity contribution in [1.29, 1.82) is 0 Å². The largest absolute Gasteiger partial charge is 0.481 e. The third-order valence-electron chi connectivity index (χ3n) is 4.00. The Labute approximate surface area is 140 Å². The Morgan fingerprint density at radius 1 is 0.636 bits per heavy atom. The molecule has 0 spiro atoms. The monoisotopic (exact) mass is 332 g/mol. The zero-order chi connectivity index (χ0) is 16.6. The molecule has 0 aromatic carbocycles. The van der Waals surface area contributed by atoms with Gasteiger partial charge < -0.3 is 10.2 Å². The minimum absolute atomic E-state index is 0.247. The van der Waals surface area contributed by atoms with E-state index >= 15 is 0 Å². The van der Waals surface area contributed by atoms with Gasteiger partial charge >= 0.3 is 11.9 Å². The van der Waals surface area contributed by atoms with Crippen LogP contribution in [-0.2, 0) is 9.59 Å². The standard InChI is InChI=1S/C17H32O4S/c18-16(19)15(17(20)21)13-11-9-7-5-3-1-2-4-6-8-10-12-14-22/h15,22H,1-14H2,(H,18,19)(H,20,21). The van der Waals surface area contributed by atoms with Crippen LogP contribution in [0.25, 0.3) is 0 Å². The number of aliphatic carboxylic acids is 2. The molecule has 0 radical (unpaired) electrons. The third kappa shape index (κ3) is 13.0. The molecule has 0 amide bonds. The molecule has 0 fully saturated rings. The molecule has 0 atom stereocenters. The van der Waals surface area contributed by atoms with Crippen molar-refractivity contribution in [1.82, 2.24) is 0 Å². The Balaban J connectivity index is 3.26. The molecule has 0 heterocycles. The lowest BCUT2D eigenvalue weighted by Crippen LogP contribution is -2.23. The predicted molar refractivity (Wildman–Crippen MR) is 92.6 cm³/mol. The summed E-state index contributed by atoms with van der Waals surface area (Å²) in [4.78, 5) is 21.4. The van der Waals surface area contributed by atoms with E-state index in [1.807, 2.05) is 0 Å². The van der Waals surface area contributed by atoms with Gasteiger partial charge in [0.1, 0.15) is 0 Å². The first-order chi connectivity index (χ1) is 10.6. The van der Waals surface area contributed by atoms with Crippen molar-refractivity contribution >= 4 is 24.6 Å². The highest BCUT2D eigenvalue weighted by Crippen LogP contribution is 2.15. The fourth-order valence-electron chi connectivity index (χ4n) is 2.58. The molecule has 0 aliphatic carbocycles. The van der Waals surface area contributed by atoms with Crippen molar-refractivity contribution in [2.24, 2.45) is 5.92 Å². The lowest BCUT2D eigenvalue weighted by Gasteiger charge is -2.07. The smallest absolute Gasteiger partial charge is 0.317 e. The van der Waals surface area contributed by atoms with E-state index in [9.17, 15) is 9.59 Å². The Morgan fingerprint density at radius 2 is 0.955 bits per heavy atom. The quantitative estimate of drug-likeness (QED) is 0.216. The van der Waals surface area contributed by atoms with Gasteiger partial charge in [-0.15, -0.1) is 0 Å². The molecule has 5 heteroatoms. The van der Waals surface area contributed by atoms with Crippen molar-refractivity contribution in [3.8, 4) is 0 Å². The molecule has 0 aliphatic rings. The van der Waals surface area contributed by atoms with E-state index < -0.39 is 17.9 Å². The van der Waals surface area contributed by atoms with Crippen LogP contribution in [0.1, 0.15) is 83.5 Å². The van der Waals surface area contributed by atoms with Gasteiger partial charge in [-0.1, -0.05) is 70.6 Å². The molecule has 0 saturated carbocycles. The fourth-order valence-corrected chi connectivity index (χ4v) is 2.80. The maximum absolute atomic E-state index is 10.7. The van der Waals surface area contributed by atoms with Gasteiger partial charge in [-0.05, 0) is 18.6 Å². The number of hydrogen-bond acceptors (Lipinski definition) is 3. The first-order valence-electron chi connectivity index (χ1n) is 8.66. The number of thiol groups is 1. The highest BCUT2D eigenvalue weighted by Gasteiger charge is 2.24. The SMILES string of the molecule is O=C(O)C(CCCCCCCCCCCCCCS)C(=O)O. The van der Waals surface area contributed by atoms with Crippen molar-refractivity contribution in [3.05, 3.63) is 0 Å². The maximum atomic E-state index is 10.7. The van der Waals surface area contributed by atoms with E-state index in [1.54, 1.807) is 0 Å². The number of hydrogen-bond donors (Lipinski definition) is 3. The number of carbonyl (C=O) groups is 2. The van der Waals surface area contributed by atoms with Crippen molar-refractivity contribution in [3.63, 3.8) is 0 Å². The van der Waals surface area contributed by atoms with Crippen molar-refractivity contribution in [2.75, 3.05) is 5.75 Å². The molecule has 0 unspecified atom stereocenters. The molecule has 0 aromatic rings.